The predicted molar refractivity (Wildman–Crippen MR) is 162 cm³/mol. The monoisotopic (exact) mass is 584 g/mol. The quantitative estimate of drug-likeness (QED) is 0.114. The van der Waals surface area contributed by atoms with E-state index in [9.17, 15) is 0 Å². The molecular weight excluding hydrogens is 559 g/mol. The summed E-state index contributed by atoms with van der Waals surface area (Å²) in [5.41, 5.74) is 7.88. The van der Waals surface area contributed by atoms with E-state index in [1.54, 1.807) is 8.93 Å². The summed E-state index contributed by atoms with van der Waals surface area (Å²) >= 11 is 2.39. The Bertz CT molecular complexity index is 1960. The molecule has 2 nitrogen and oxygen atoms in total. The van der Waals surface area contributed by atoms with Crippen LogP contribution < -0.4 is 0 Å². The molecule has 0 aliphatic carbocycles. The Hall–Kier alpha value is -2.57. The van der Waals surface area contributed by atoms with E-state index in [-0.39, 0.29) is 5.41 Å². The van der Waals surface area contributed by atoms with Crippen LogP contribution in [0.3, 0.4) is 0 Å². The highest BCUT2D eigenvalue weighted by atomic mass is 127. The molecule has 0 spiro atoms. The molecule has 7 rings (SSSR count). The topological polar surface area (TPSA) is 17.3 Å². The van der Waals surface area contributed by atoms with E-state index in [0.717, 1.165) is 11.9 Å². The number of hydrogen-bond donors (Lipinski definition) is 0. The number of fused-ring (bicyclic) bond motifs is 7. The zero-order valence-corrected chi connectivity index (χ0v) is 23.2. The molecular formula is C31H25IN2S. The van der Waals surface area contributed by atoms with Crippen molar-refractivity contribution in [3.8, 4) is 0 Å². The fourth-order valence-corrected chi connectivity index (χ4v) is 7.04. The normalized spacial score (nSPS) is 12.9. The number of aromatic nitrogens is 2. The van der Waals surface area contributed by atoms with Gasteiger partial charge >= 0.3 is 0 Å². The van der Waals surface area contributed by atoms with Gasteiger partial charge in [-0.05, 0) is 64.7 Å². The van der Waals surface area contributed by atoms with Crippen LogP contribution in [0, 0.1) is 12.3 Å². The highest BCUT2D eigenvalue weighted by Gasteiger charge is 2.24. The fraction of sp³-hybridized carbons (Fsp3) is 0.194. The van der Waals surface area contributed by atoms with Crippen molar-refractivity contribution in [1.29, 1.82) is 0 Å². The van der Waals surface area contributed by atoms with Crippen LogP contribution in [0.2, 0.25) is 0 Å². The van der Waals surface area contributed by atoms with Crippen molar-refractivity contribution in [2.75, 3.05) is 0 Å². The van der Waals surface area contributed by atoms with Crippen molar-refractivity contribution in [2.24, 2.45) is 5.41 Å². The van der Waals surface area contributed by atoms with Crippen LogP contribution in [0.5, 0.6) is 0 Å². The van der Waals surface area contributed by atoms with Crippen LogP contribution in [-0.4, -0.2) is 9.38 Å². The number of benzene rings is 4. The smallest absolute Gasteiger partial charge is 0.0823 e. The molecule has 0 N–H and O–H groups in total. The standard InChI is InChI=1S/C31H25IN2S/c1-17-5-6-19-14-24-28-27-18(11-12-33-28)7-9-22-21-10-8-20(35-32)15-26(21)34(30(22)27)29(24)25(23(19)13-17)16-31(2,3)4/h5-15H,16H2,1-4H3. The third kappa shape index (κ3) is 3.12. The molecule has 0 aliphatic rings. The lowest BCUT2D eigenvalue weighted by Crippen LogP contribution is -2.11. The van der Waals surface area contributed by atoms with Gasteiger partial charge in [-0.2, -0.15) is 0 Å². The van der Waals surface area contributed by atoms with Crippen LogP contribution in [0.1, 0.15) is 31.9 Å². The summed E-state index contributed by atoms with van der Waals surface area (Å²) in [6, 6.07) is 22.9. The lowest BCUT2D eigenvalue weighted by Gasteiger charge is -2.23. The Labute approximate surface area is 220 Å². The number of nitrogens with zero attached hydrogens (tertiary/aromatic N) is 2. The van der Waals surface area contributed by atoms with E-state index in [1.165, 1.54) is 70.3 Å². The second-order valence-corrected chi connectivity index (χ2v) is 13.0. The second-order valence-electron chi connectivity index (χ2n) is 11.0. The van der Waals surface area contributed by atoms with Crippen molar-refractivity contribution >= 4 is 89.9 Å². The van der Waals surface area contributed by atoms with E-state index in [2.05, 4.69) is 114 Å². The Balaban J connectivity index is 1.87. The predicted octanol–water partition coefficient (Wildman–Crippen LogP) is 9.88. The summed E-state index contributed by atoms with van der Waals surface area (Å²) in [6.45, 7) is 9.23. The summed E-state index contributed by atoms with van der Waals surface area (Å²) < 4.78 is 2.57. The van der Waals surface area contributed by atoms with Gasteiger partial charge in [0.1, 0.15) is 0 Å². The van der Waals surface area contributed by atoms with Crippen molar-refractivity contribution in [2.45, 2.75) is 39.0 Å². The zero-order valence-electron chi connectivity index (χ0n) is 20.2. The molecule has 0 bridgehead atoms. The first-order chi connectivity index (χ1) is 16.8. The first kappa shape index (κ1) is 21.7. The summed E-state index contributed by atoms with van der Waals surface area (Å²) in [5.74, 6) is 0. The zero-order chi connectivity index (χ0) is 24.1. The van der Waals surface area contributed by atoms with Gasteiger partial charge in [0, 0.05) is 53.8 Å². The molecule has 172 valence electrons. The molecule has 4 aromatic carbocycles. The summed E-state index contributed by atoms with van der Waals surface area (Å²) in [4.78, 5) is 6.29. The van der Waals surface area contributed by atoms with Crippen molar-refractivity contribution in [1.82, 2.24) is 9.38 Å². The Morgan fingerprint density at radius 3 is 2.43 bits per heavy atom. The Kier molecular flexibility index (Phi) is 4.63. The van der Waals surface area contributed by atoms with Gasteiger partial charge in [0.05, 0.1) is 22.1 Å². The average Bonchev–Trinajstić information content (AvgIpc) is 3.17. The third-order valence-electron chi connectivity index (χ3n) is 7.28. The van der Waals surface area contributed by atoms with Gasteiger partial charge < -0.3 is 4.40 Å². The van der Waals surface area contributed by atoms with E-state index < -0.39 is 0 Å². The molecule has 0 amide bonds. The molecule has 0 radical (unpaired) electrons. The first-order valence-corrected chi connectivity index (χ1v) is 15.4. The molecule has 0 saturated heterocycles. The molecule has 35 heavy (non-hydrogen) atoms. The van der Waals surface area contributed by atoms with Crippen LogP contribution in [-0.2, 0) is 6.42 Å². The lowest BCUT2D eigenvalue weighted by molar-refractivity contribution is 0.413. The summed E-state index contributed by atoms with van der Waals surface area (Å²) in [5, 5.41) is 9.04. The molecule has 3 aromatic heterocycles. The molecule has 4 heteroatoms. The number of hydrogen-bond acceptors (Lipinski definition) is 2. The minimum atomic E-state index is 0.146. The third-order valence-corrected chi connectivity index (χ3v) is 9.24. The van der Waals surface area contributed by atoms with Gasteiger partial charge in [-0.1, -0.05) is 71.7 Å². The van der Waals surface area contributed by atoms with Crippen LogP contribution in [0.15, 0.2) is 71.8 Å². The number of pyridine rings is 2. The maximum Gasteiger partial charge on any atom is 0.0823 e. The maximum absolute atomic E-state index is 5.01. The Morgan fingerprint density at radius 1 is 0.829 bits per heavy atom. The van der Waals surface area contributed by atoms with Crippen LogP contribution in [0.4, 0.5) is 0 Å². The SMILES string of the molecule is Cc1ccc2cc3c4nccc5ccc6c7ccc(SI)cc7n(c3c(CC(C)(C)C)c2c1)c6c54. The lowest BCUT2D eigenvalue weighted by atomic mass is 9.84. The van der Waals surface area contributed by atoms with Crippen LogP contribution >= 0.6 is 30.1 Å². The fourth-order valence-electron chi connectivity index (χ4n) is 5.95. The average molecular weight is 585 g/mol. The molecule has 0 unspecified atom stereocenters. The van der Waals surface area contributed by atoms with Crippen molar-refractivity contribution in [3.63, 3.8) is 0 Å². The molecule has 0 atom stereocenters. The van der Waals surface area contributed by atoms with Gasteiger partial charge in [-0.3, -0.25) is 4.98 Å². The van der Waals surface area contributed by atoms with Gasteiger partial charge in [-0.25, -0.2) is 0 Å². The molecule has 0 aliphatic heterocycles. The summed E-state index contributed by atoms with van der Waals surface area (Å²) in [6.07, 6.45) is 2.97. The second kappa shape index (κ2) is 7.47. The molecule has 7 aromatic rings. The van der Waals surface area contributed by atoms with E-state index >= 15 is 0 Å². The number of aryl methyl sites for hydroxylation is 1. The van der Waals surface area contributed by atoms with E-state index in [1.807, 2.05) is 6.20 Å². The van der Waals surface area contributed by atoms with Gasteiger partial charge in [0.2, 0.25) is 0 Å². The highest BCUT2D eigenvalue weighted by Crippen LogP contribution is 2.44. The molecule has 3 heterocycles. The van der Waals surface area contributed by atoms with Crippen LogP contribution in [0.25, 0.3) is 59.8 Å². The Morgan fingerprint density at radius 2 is 1.63 bits per heavy atom. The maximum atomic E-state index is 5.01. The summed E-state index contributed by atoms with van der Waals surface area (Å²) in [7, 11) is 1.78. The molecule has 0 saturated carbocycles. The highest BCUT2D eigenvalue weighted by molar-refractivity contribution is 14.2. The number of halogens is 1. The van der Waals surface area contributed by atoms with Crippen molar-refractivity contribution < 1.29 is 0 Å². The molecule has 0 fully saturated rings. The first-order valence-electron chi connectivity index (χ1n) is 12.1. The minimum absolute atomic E-state index is 0.146. The largest absolute Gasteiger partial charge is 0.308 e. The number of rotatable bonds is 2. The van der Waals surface area contributed by atoms with Gasteiger partial charge in [-0.15, -0.1) is 0 Å². The van der Waals surface area contributed by atoms with Gasteiger partial charge in [0.25, 0.3) is 0 Å². The van der Waals surface area contributed by atoms with Gasteiger partial charge in [0.15, 0.2) is 0 Å². The minimum Gasteiger partial charge on any atom is -0.308 e. The van der Waals surface area contributed by atoms with Crippen molar-refractivity contribution in [3.05, 3.63) is 78.0 Å². The van der Waals surface area contributed by atoms with E-state index in [0.29, 0.717) is 0 Å². The van der Waals surface area contributed by atoms with E-state index in [4.69, 9.17) is 4.98 Å².